The number of hydrogen-bond acceptors (Lipinski definition) is 5. The number of likely N-dealkylation sites (N-methyl/N-ethyl adjacent to an activating group) is 1. The lowest BCUT2D eigenvalue weighted by Gasteiger charge is -2.19. The predicted molar refractivity (Wildman–Crippen MR) is 147 cm³/mol. The summed E-state index contributed by atoms with van der Waals surface area (Å²) in [6, 6.07) is 16.4. The van der Waals surface area contributed by atoms with Gasteiger partial charge in [0.1, 0.15) is 0 Å². The number of aromatic nitrogens is 2. The number of carbonyl (C=O) groups is 2. The van der Waals surface area contributed by atoms with Gasteiger partial charge < -0.3 is 10.4 Å². The van der Waals surface area contributed by atoms with Gasteiger partial charge in [-0.15, -0.1) is 0 Å². The molecule has 1 amide bonds. The third kappa shape index (κ3) is 5.90. The van der Waals surface area contributed by atoms with Gasteiger partial charge >= 0.3 is 0 Å². The summed E-state index contributed by atoms with van der Waals surface area (Å²) in [7, 11) is 0. The third-order valence-electron chi connectivity index (χ3n) is 6.98. The van der Waals surface area contributed by atoms with E-state index in [0.29, 0.717) is 36.3 Å². The molecule has 0 radical (unpaired) electrons. The van der Waals surface area contributed by atoms with Crippen LogP contribution in [0.2, 0.25) is 0 Å². The van der Waals surface area contributed by atoms with Crippen LogP contribution in [0.5, 0.6) is 0 Å². The molecule has 1 heterocycles. The molecular formula is C31H32N4O3. The van der Waals surface area contributed by atoms with E-state index in [9.17, 15) is 14.7 Å². The maximum Gasteiger partial charge on any atom is 0.258 e. The fraction of sp³-hybridized carbons (Fsp3) is 0.258. The Morgan fingerprint density at radius 2 is 1.97 bits per heavy atom. The van der Waals surface area contributed by atoms with E-state index in [0.717, 1.165) is 29.8 Å². The van der Waals surface area contributed by atoms with Gasteiger partial charge in [-0.1, -0.05) is 67.6 Å². The fourth-order valence-corrected chi connectivity index (χ4v) is 4.91. The molecule has 0 saturated heterocycles. The van der Waals surface area contributed by atoms with Crippen molar-refractivity contribution in [2.24, 2.45) is 0 Å². The van der Waals surface area contributed by atoms with Crippen molar-refractivity contribution in [1.82, 2.24) is 20.0 Å². The normalized spacial score (nSPS) is 14.7. The Hall–Kier alpha value is -4.07. The predicted octanol–water partition coefficient (Wildman–Crippen LogP) is 3.90. The maximum atomic E-state index is 12.9. The second kappa shape index (κ2) is 11.5. The minimum atomic E-state index is -0.253. The number of amides is 1. The molecule has 2 aliphatic carbocycles. The topological polar surface area (TPSA) is 87.5 Å². The number of ketones is 1. The average molecular weight is 509 g/mol. The summed E-state index contributed by atoms with van der Waals surface area (Å²) in [5.41, 5.74) is 7.31. The first-order valence-corrected chi connectivity index (χ1v) is 13.0. The average Bonchev–Trinajstić information content (AvgIpc) is 3.57. The molecule has 0 bridgehead atoms. The lowest BCUT2D eigenvalue weighted by molar-refractivity contribution is -0.114. The molecule has 0 unspecified atom stereocenters. The van der Waals surface area contributed by atoms with Gasteiger partial charge in [0.2, 0.25) is 0 Å². The van der Waals surface area contributed by atoms with Crippen LogP contribution in [0.25, 0.3) is 6.08 Å². The summed E-state index contributed by atoms with van der Waals surface area (Å²) in [6.45, 7) is 5.10. The number of aliphatic hydroxyl groups is 1. The number of Topliss-reactive ketones (excluding diaryl/α,β-unsaturated/α-hetero) is 1. The minimum Gasteiger partial charge on any atom is -0.395 e. The van der Waals surface area contributed by atoms with Gasteiger partial charge in [-0.2, -0.15) is 5.10 Å². The molecule has 0 fully saturated rings. The van der Waals surface area contributed by atoms with Crippen molar-refractivity contribution >= 4 is 17.8 Å². The van der Waals surface area contributed by atoms with Crippen LogP contribution in [-0.2, 0) is 24.3 Å². The second-order valence-corrected chi connectivity index (χ2v) is 9.68. The van der Waals surface area contributed by atoms with E-state index in [2.05, 4.69) is 46.5 Å². The Bertz CT molecular complexity index is 1430. The first kappa shape index (κ1) is 25.6. The van der Waals surface area contributed by atoms with Crippen molar-refractivity contribution in [3.05, 3.63) is 118 Å². The number of hydrogen-bond donors (Lipinski definition) is 2. The van der Waals surface area contributed by atoms with Crippen molar-refractivity contribution in [3.63, 3.8) is 0 Å². The lowest BCUT2D eigenvalue weighted by atomic mass is 9.93. The van der Waals surface area contributed by atoms with E-state index >= 15 is 0 Å². The van der Waals surface area contributed by atoms with Gasteiger partial charge in [0.05, 0.1) is 24.9 Å². The molecule has 2 aromatic carbocycles. The van der Waals surface area contributed by atoms with Gasteiger partial charge in [0.15, 0.2) is 5.78 Å². The molecule has 0 saturated carbocycles. The van der Waals surface area contributed by atoms with Crippen molar-refractivity contribution in [3.8, 4) is 0 Å². The quantitative estimate of drug-likeness (QED) is 0.434. The summed E-state index contributed by atoms with van der Waals surface area (Å²) in [4.78, 5) is 27.9. The Kier molecular flexibility index (Phi) is 7.77. The zero-order chi connectivity index (χ0) is 26.5. The van der Waals surface area contributed by atoms with Crippen LogP contribution in [0.1, 0.15) is 46.0 Å². The van der Waals surface area contributed by atoms with Crippen molar-refractivity contribution in [2.75, 3.05) is 19.7 Å². The van der Waals surface area contributed by atoms with E-state index in [1.807, 2.05) is 30.3 Å². The van der Waals surface area contributed by atoms with Gasteiger partial charge in [-0.25, -0.2) is 0 Å². The summed E-state index contributed by atoms with van der Waals surface area (Å²) < 4.78 is 1.74. The molecule has 0 spiro atoms. The highest BCUT2D eigenvalue weighted by atomic mass is 16.3. The molecule has 0 atom stereocenters. The molecule has 2 aliphatic rings. The van der Waals surface area contributed by atoms with Gasteiger partial charge in [-0.05, 0) is 46.9 Å². The number of rotatable bonds is 10. The molecule has 194 valence electrons. The zero-order valence-electron chi connectivity index (χ0n) is 21.6. The van der Waals surface area contributed by atoms with Gasteiger partial charge in [-0.3, -0.25) is 19.2 Å². The number of carbonyl (C=O) groups excluding carboxylic acids is 2. The molecule has 38 heavy (non-hydrogen) atoms. The van der Waals surface area contributed by atoms with Crippen LogP contribution in [0.3, 0.4) is 0 Å². The number of aliphatic hydroxyl groups excluding tert-OH is 1. The summed E-state index contributed by atoms with van der Waals surface area (Å²) in [5.74, 6) is -0.199. The molecule has 7 nitrogen and oxygen atoms in total. The van der Waals surface area contributed by atoms with E-state index in [1.54, 1.807) is 29.2 Å². The molecule has 0 aliphatic heterocycles. The van der Waals surface area contributed by atoms with Crippen molar-refractivity contribution in [1.29, 1.82) is 0 Å². The standard InChI is InChI=1S/C31H32N4O3/c1-2-34(12-13-36)19-23-8-9-24-15-26(16-25(24)14-23)29-17-28(10-11-30(29)37)33-31(38)27-18-32-35(21-27)20-22-6-4-3-5-7-22/h3-10,14,16-18,21,36H,2,11-13,15,19-20H2,1H3,(H,33,38). The largest absolute Gasteiger partial charge is 0.395 e. The van der Waals surface area contributed by atoms with Gasteiger partial charge in [0, 0.05) is 37.0 Å². The smallest absolute Gasteiger partial charge is 0.258 e. The van der Waals surface area contributed by atoms with Crippen LogP contribution < -0.4 is 5.32 Å². The minimum absolute atomic E-state index is 0.0538. The van der Waals surface area contributed by atoms with E-state index < -0.39 is 0 Å². The Morgan fingerprint density at radius 3 is 2.76 bits per heavy atom. The van der Waals surface area contributed by atoms with Crippen molar-refractivity contribution in [2.45, 2.75) is 32.9 Å². The lowest BCUT2D eigenvalue weighted by Crippen LogP contribution is -2.26. The third-order valence-corrected chi connectivity index (χ3v) is 6.98. The van der Waals surface area contributed by atoms with Crippen LogP contribution in [-0.4, -0.2) is 51.2 Å². The number of benzene rings is 2. The van der Waals surface area contributed by atoms with E-state index in [-0.39, 0.29) is 24.7 Å². The van der Waals surface area contributed by atoms with E-state index in [1.165, 1.54) is 11.1 Å². The summed E-state index contributed by atoms with van der Waals surface area (Å²) in [6.07, 6.45) is 9.87. The second-order valence-electron chi connectivity index (χ2n) is 9.68. The number of fused-ring (bicyclic) bond motifs is 1. The molecule has 5 rings (SSSR count). The van der Waals surface area contributed by atoms with Crippen molar-refractivity contribution < 1.29 is 14.7 Å². The number of nitrogens with one attached hydrogen (secondary N) is 1. The highest BCUT2D eigenvalue weighted by molar-refractivity contribution is 6.04. The van der Waals surface area contributed by atoms with Crippen LogP contribution in [0, 0.1) is 0 Å². The molecule has 7 heteroatoms. The van der Waals surface area contributed by atoms with Crippen LogP contribution >= 0.6 is 0 Å². The molecule has 2 N–H and O–H groups in total. The maximum absolute atomic E-state index is 12.9. The first-order valence-electron chi connectivity index (χ1n) is 13.0. The summed E-state index contributed by atoms with van der Waals surface area (Å²) >= 11 is 0. The molecule has 3 aromatic rings. The Balaban J connectivity index is 1.27. The van der Waals surface area contributed by atoms with Gasteiger partial charge in [0.25, 0.3) is 5.91 Å². The molecular weight excluding hydrogens is 476 g/mol. The van der Waals surface area contributed by atoms with E-state index in [4.69, 9.17) is 0 Å². The highest BCUT2D eigenvalue weighted by Crippen LogP contribution is 2.33. The number of allylic oxidation sites excluding steroid dienone is 4. The zero-order valence-corrected chi connectivity index (χ0v) is 21.6. The first-order chi connectivity index (χ1) is 18.5. The monoisotopic (exact) mass is 508 g/mol. The Morgan fingerprint density at radius 1 is 1.13 bits per heavy atom. The Labute approximate surface area is 222 Å². The van der Waals surface area contributed by atoms with Crippen LogP contribution in [0.15, 0.2) is 89.9 Å². The highest BCUT2D eigenvalue weighted by Gasteiger charge is 2.24. The summed E-state index contributed by atoms with van der Waals surface area (Å²) in [5, 5.41) is 16.5. The SMILES string of the molecule is CCN(CCO)Cc1ccc2c(c1)C=C(C1=CC(NC(=O)c3cnn(Cc4ccccc4)c3)=CCC1=O)C2. The van der Waals surface area contributed by atoms with Crippen LogP contribution in [0.4, 0.5) is 0 Å². The number of nitrogens with zero attached hydrogens (tertiary/aromatic N) is 3. The fourth-order valence-electron chi connectivity index (χ4n) is 4.91. The molecule has 1 aromatic heterocycles.